The fraction of sp³-hybridized carbons (Fsp3) is 0.278. The number of hydrogen-bond acceptors (Lipinski definition) is 4. The van der Waals surface area contributed by atoms with Gasteiger partial charge in [-0.2, -0.15) is 5.26 Å². The molecule has 0 bridgehead atoms. The average molecular weight is 324 g/mol. The van der Waals surface area contributed by atoms with Crippen LogP contribution < -0.4 is 5.32 Å². The van der Waals surface area contributed by atoms with Gasteiger partial charge in [0.1, 0.15) is 29.4 Å². The molecule has 1 aromatic carbocycles. The molecule has 1 aliphatic rings. The zero-order chi connectivity index (χ0) is 17.1. The number of anilines is 1. The maximum absolute atomic E-state index is 13.0. The minimum Gasteiger partial charge on any atom is -0.358 e. The molecule has 1 N–H and O–H groups in total. The van der Waals surface area contributed by atoms with Crippen molar-refractivity contribution in [2.75, 3.05) is 11.9 Å². The Morgan fingerprint density at radius 3 is 2.79 bits per heavy atom. The molecule has 2 aromatic rings. The Morgan fingerprint density at radius 1 is 1.33 bits per heavy atom. The number of carbonyl (C=O) groups excluding carboxylic acids is 1. The Morgan fingerprint density at radius 2 is 2.08 bits per heavy atom. The van der Waals surface area contributed by atoms with Gasteiger partial charge in [-0.15, -0.1) is 0 Å². The summed E-state index contributed by atoms with van der Waals surface area (Å²) in [4.78, 5) is 18.5. The quantitative estimate of drug-likeness (QED) is 0.938. The van der Waals surface area contributed by atoms with E-state index < -0.39 is 0 Å². The minimum absolute atomic E-state index is 0.0137. The van der Waals surface area contributed by atoms with Gasteiger partial charge in [-0.25, -0.2) is 9.37 Å². The molecule has 0 radical (unpaired) electrons. The Hall–Kier alpha value is -2.94. The molecular formula is C18H17FN4O. The molecule has 1 aliphatic heterocycles. The van der Waals surface area contributed by atoms with Gasteiger partial charge in [0.25, 0.3) is 0 Å². The van der Waals surface area contributed by atoms with Crippen molar-refractivity contribution in [3.63, 3.8) is 0 Å². The molecule has 5 nitrogen and oxygen atoms in total. The van der Waals surface area contributed by atoms with Gasteiger partial charge in [0.2, 0.25) is 5.91 Å². The molecule has 0 saturated carbocycles. The number of amides is 1. The lowest BCUT2D eigenvalue weighted by molar-refractivity contribution is -0.128. The van der Waals surface area contributed by atoms with Crippen LogP contribution in [-0.2, 0) is 11.3 Å². The van der Waals surface area contributed by atoms with Crippen LogP contribution in [0.1, 0.15) is 23.2 Å². The second-order valence-corrected chi connectivity index (χ2v) is 5.85. The van der Waals surface area contributed by atoms with E-state index >= 15 is 0 Å². The molecule has 3 rings (SSSR count). The number of benzene rings is 1. The topological polar surface area (TPSA) is 69.0 Å². The summed E-state index contributed by atoms with van der Waals surface area (Å²) in [5, 5.41) is 12.1. The highest BCUT2D eigenvalue weighted by Gasteiger charge is 2.31. The van der Waals surface area contributed by atoms with Gasteiger partial charge in [-0.3, -0.25) is 4.79 Å². The van der Waals surface area contributed by atoms with Gasteiger partial charge < -0.3 is 10.2 Å². The van der Waals surface area contributed by atoms with Gasteiger partial charge in [0, 0.05) is 13.1 Å². The number of hydrogen-bond donors (Lipinski definition) is 1. The molecule has 1 unspecified atom stereocenters. The van der Waals surface area contributed by atoms with Crippen LogP contribution in [-0.4, -0.2) is 28.4 Å². The second kappa shape index (κ2) is 6.67. The molecule has 1 aromatic heterocycles. The first-order valence-corrected chi connectivity index (χ1v) is 7.74. The van der Waals surface area contributed by atoms with Crippen LogP contribution >= 0.6 is 0 Å². The van der Waals surface area contributed by atoms with Crippen molar-refractivity contribution >= 4 is 11.7 Å². The molecule has 6 heteroatoms. The average Bonchev–Trinajstić information content (AvgIpc) is 2.92. The van der Waals surface area contributed by atoms with Crippen LogP contribution in [0.5, 0.6) is 0 Å². The van der Waals surface area contributed by atoms with Crippen LogP contribution in [0.15, 0.2) is 36.4 Å². The molecule has 1 amide bonds. The van der Waals surface area contributed by atoms with E-state index in [1.165, 1.54) is 12.1 Å². The Bertz CT molecular complexity index is 798. The van der Waals surface area contributed by atoms with Gasteiger partial charge >= 0.3 is 0 Å². The number of carbonyl (C=O) groups is 1. The number of aromatic nitrogens is 1. The van der Waals surface area contributed by atoms with Crippen molar-refractivity contribution in [3.05, 3.63) is 59.0 Å². The molecular weight excluding hydrogens is 307 g/mol. The lowest BCUT2D eigenvalue weighted by Crippen LogP contribution is -2.33. The maximum Gasteiger partial charge on any atom is 0.245 e. The first-order chi connectivity index (χ1) is 11.6. The third-order valence-corrected chi connectivity index (χ3v) is 4.11. The number of likely N-dealkylation sites (tertiary alicyclic amines) is 1. The predicted molar refractivity (Wildman–Crippen MR) is 87.5 cm³/mol. The Balaban J connectivity index is 1.66. The van der Waals surface area contributed by atoms with Crippen LogP contribution in [0.25, 0.3) is 0 Å². The van der Waals surface area contributed by atoms with Crippen molar-refractivity contribution < 1.29 is 9.18 Å². The molecule has 2 heterocycles. The SMILES string of the molecule is Cc1ccc(NC2CCN(Cc3ccc(F)cc3)C2=O)nc1C#N. The lowest BCUT2D eigenvalue weighted by Gasteiger charge is -2.17. The molecule has 0 aliphatic carbocycles. The summed E-state index contributed by atoms with van der Waals surface area (Å²) in [5.74, 6) is 0.226. The van der Waals surface area contributed by atoms with Crippen LogP contribution in [0.4, 0.5) is 10.2 Å². The van der Waals surface area contributed by atoms with E-state index in [0.717, 1.165) is 11.1 Å². The lowest BCUT2D eigenvalue weighted by atomic mass is 10.2. The first kappa shape index (κ1) is 15.9. The molecule has 1 saturated heterocycles. The molecule has 1 fully saturated rings. The highest BCUT2D eigenvalue weighted by Crippen LogP contribution is 2.19. The Kier molecular flexibility index (Phi) is 4.43. The molecule has 1 atom stereocenters. The number of nitrogens with one attached hydrogen (secondary N) is 1. The minimum atomic E-state index is -0.354. The van der Waals surface area contributed by atoms with E-state index in [9.17, 15) is 9.18 Å². The van der Waals surface area contributed by atoms with Crippen LogP contribution in [0, 0.1) is 24.1 Å². The van der Waals surface area contributed by atoms with Gasteiger partial charge in [-0.1, -0.05) is 18.2 Å². The van der Waals surface area contributed by atoms with E-state index in [-0.39, 0.29) is 17.8 Å². The fourth-order valence-electron chi connectivity index (χ4n) is 2.74. The summed E-state index contributed by atoms with van der Waals surface area (Å²) in [5.41, 5.74) is 2.05. The van der Waals surface area contributed by atoms with E-state index in [1.54, 1.807) is 23.1 Å². The molecule has 0 spiro atoms. The number of aryl methyl sites for hydroxylation is 1. The largest absolute Gasteiger partial charge is 0.358 e. The van der Waals surface area contributed by atoms with Crippen LogP contribution in [0.3, 0.4) is 0 Å². The van der Waals surface area contributed by atoms with E-state index in [2.05, 4.69) is 10.3 Å². The number of nitrogens with zero attached hydrogens (tertiary/aromatic N) is 3. The summed E-state index contributed by atoms with van der Waals surface area (Å²) in [7, 11) is 0. The molecule has 24 heavy (non-hydrogen) atoms. The summed E-state index contributed by atoms with van der Waals surface area (Å²) in [6.45, 7) is 2.91. The van der Waals surface area contributed by atoms with Crippen molar-refractivity contribution in [1.82, 2.24) is 9.88 Å². The summed E-state index contributed by atoms with van der Waals surface area (Å²) in [6.07, 6.45) is 0.664. The number of nitriles is 1. The van der Waals surface area contributed by atoms with Gasteiger partial charge in [-0.05, 0) is 42.7 Å². The van der Waals surface area contributed by atoms with Crippen molar-refractivity contribution in [1.29, 1.82) is 5.26 Å². The van der Waals surface area contributed by atoms with E-state index in [0.29, 0.717) is 31.0 Å². The first-order valence-electron chi connectivity index (χ1n) is 7.74. The normalized spacial score (nSPS) is 17.0. The van der Waals surface area contributed by atoms with Crippen LogP contribution in [0.2, 0.25) is 0 Å². The standard InChI is InChI=1S/C18H17FN4O/c1-12-2-7-17(22-16(12)10-20)21-15-8-9-23(18(15)24)11-13-3-5-14(19)6-4-13/h2-7,15H,8-9,11H2,1H3,(H,21,22). The molecule has 122 valence electrons. The third kappa shape index (κ3) is 3.35. The number of halogens is 1. The number of rotatable bonds is 4. The summed E-state index contributed by atoms with van der Waals surface area (Å²) >= 11 is 0. The highest BCUT2D eigenvalue weighted by molar-refractivity contribution is 5.86. The third-order valence-electron chi connectivity index (χ3n) is 4.11. The van der Waals surface area contributed by atoms with Crippen molar-refractivity contribution in [3.8, 4) is 6.07 Å². The zero-order valence-corrected chi connectivity index (χ0v) is 13.3. The fourth-order valence-corrected chi connectivity index (χ4v) is 2.74. The van der Waals surface area contributed by atoms with Crippen molar-refractivity contribution in [2.45, 2.75) is 25.9 Å². The Labute approximate surface area is 139 Å². The monoisotopic (exact) mass is 324 g/mol. The number of pyridine rings is 1. The predicted octanol–water partition coefficient (Wildman–Crippen LogP) is 2.61. The highest BCUT2D eigenvalue weighted by atomic mass is 19.1. The van der Waals surface area contributed by atoms with Gasteiger partial charge in [0.05, 0.1) is 0 Å². The second-order valence-electron chi connectivity index (χ2n) is 5.85. The summed E-state index contributed by atoms with van der Waals surface area (Å²) < 4.78 is 13.0. The smallest absolute Gasteiger partial charge is 0.245 e. The van der Waals surface area contributed by atoms with Crippen molar-refractivity contribution in [2.24, 2.45) is 0 Å². The van der Waals surface area contributed by atoms with Gasteiger partial charge in [0.15, 0.2) is 0 Å². The van der Waals surface area contributed by atoms with E-state index in [4.69, 9.17) is 5.26 Å². The van der Waals surface area contributed by atoms with E-state index in [1.807, 2.05) is 19.1 Å². The maximum atomic E-state index is 13.0. The zero-order valence-electron chi connectivity index (χ0n) is 13.3. The summed E-state index contributed by atoms with van der Waals surface area (Å²) in [6, 6.07) is 11.4.